The fraction of sp³-hybridized carbons (Fsp3) is 0.778. The van der Waals surface area contributed by atoms with Crippen LogP contribution in [0.25, 0.3) is 0 Å². The first-order chi connectivity index (χ1) is 6.69. The Balaban J connectivity index is 2.51. The minimum Gasteiger partial charge on any atom is -0.462 e. The van der Waals surface area contributed by atoms with Crippen LogP contribution in [0.1, 0.15) is 12.8 Å². The summed E-state index contributed by atoms with van der Waals surface area (Å²) in [6, 6.07) is 0. The first kappa shape index (κ1) is 11.0. The molecule has 0 saturated carbocycles. The zero-order valence-corrected chi connectivity index (χ0v) is 8.23. The fourth-order valence-corrected chi connectivity index (χ4v) is 1.61. The van der Waals surface area contributed by atoms with Gasteiger partial charge in [0, 0.05) is 19.7 Å². The third-order valence-electron chi connectivity index (χ3n) is 2.42. The highest BCUT2D eigenvalue weighted by Crippen LogP contribution is 2.15. The van der Waals surface area contributed by atoms with Crippen molar-refractivity contribution in [1.82, 2.24) is 4.90 Å². The highest BCUT2D eigenvalue weighted by molar-refractivity contribution is 6.32. The number of ether oxygens (including phenoxy) is 1. The molecule has 0 aliphatic carbocycles. The Kier molecular flexibility index (Phi) is 3.88. The SMILES string of the molecule is COC(=O)C(=O)N1CCCC(CO)C1. The Labute approximate surface area is 82.6 Å². The van der Waals surface area contributed by atoms with E-state index in [1.165, 1.54) is 12.0 Å². The van der Waals surface area contributed by atoms with Crippen molar-refractivity contribution in [2.45, 2.75) is 12.8 Å². The number of nitrogens with zero attached hydrogens (tertiary/aromatic N) is 1. The second-order valence-corrected chi connectivity index (χ2v) is 3.43. The largest absolute Gasteiger partial charge is 0.462 e. The zero-order valence-electron chi connectivity index (χ0n) is 8.23. The van der Waals surface area contributed by atoms with Crippen LogP contribution in [0.5, 0.6) is 0 Å². The number of carbonyl (C=O) groups excluding carboxylic acids is 2. The number of likely N-dealkylation sites (tertiary alicyclic amines) is 1. The average molecular weight is 201 g/mol. The van der Waals surface area contributed by atoms with E-state index in [9.17, 15) is 9.59 Å². The molecule has 1 amide bonds. The highest BCUT2D eigenvalue weighted by Gasteiger charge is 2.27. The summed E-state index contributed by atoms with van der Waals surface area (Å²) in [5.41, 5.74) is 0. The minimum absolute atomic E-state index is 0.0605. The predicted octanol–water partition coefficient (Wildman–Crippen LogP) is -0.610. The maximum absolute atomic E-state index is 11.4. The number of rotatable bonds is 1. The van der Waals surface area contributed by atoms with Gasteiger partial charge < -0.3 is 14.7 Å². The first-order valence-corrected chi connectivity index (χ1v) is 4.67. The van der Waals surface area contributed by atoms with Gasteiger partial charge in [0.2, 0.25) is 0 Å². The van der Waals surface area contributed by atoms with E-state index in [0.717, 1.165) is 12.8 Å². The van der Waals surface area contributed by atoms with Crippen LogP contribution in [-0.4, -0.2) is 48.7 Å². The van der Waals surface area contributed by atoms with Gasteiger partial charge in [-0.25, -0.2) is 4.79 Å². The van der Waals surface area contributed by atoms with Crippen molar-refractivity contribution < 1.29 is 19.4 Å². The quantitative estimate of drug-likeness (QED) is 0.454. The topological polar surface area (TPSA) is 66.8 Å². The number of hydrogen-bond acceptors (Lipinski definition) is 4. The normalized spacial score (nSPS) is 21.9. The molecule has 1 rings (SSSR count). The van der Waals surface area contributed by atoms with Gasteiger partial charge in [0.15, 0.2) is 0 Å². The van der Waals surface area contributed by atoms with E-state index in [2.05, 4.69) is 4.74 Å². The molecule has 5 nitrogen and oxygen atoms in total. The third kappa shape index (κ3) is 2.45. The number of aliphatic hydroxyl groups excluding tert-OH is 1. The molecule has 1 unspecified atom stereocenters. The van der Waals surface area contributed by atoms with Gasteiger partial charge in [-0.2, -0.15) is 0 Å². The second kappa shape index (κ2) is 4.95. The highest BCUT2D eigenvalue weighted by atomic mass is 16.5. The van der Waals surface area contributed by atoms with Gasteiger partial charge in [0.1, 0.15) is 0 Å². The second-order valence-electron chi connectivity index (χ2n) is 3.43. The summed E-state index contributed by atoms with van der Waals surface area (Å²) in [5, 5.41) is 8.93. The van der Waals surface area contributed by atoms with Gasteiger partial charge in [-0.15, -0.1) is 0 Å². The lowest BCUT2D eigenvalue weighted by Gasteiger charge is -2.30. The minimum atomic E-state index is -0.830. The Hall–Kier alpha value is -1.10. The van der Waals surface area contributed by atoms with Crippen LogP contribution in [0.15, 0.2) is 0 Å². The molecule has 14 heavy (non-hydrogen) atoms. The van der Waals surface area contributed by atoms with E-state index >= 15 is 0 Å². The van der Waals surface area contributed by atoms with Gasteiger partial charge in [-0.1, -0.05) is 0 Å². The monoisotopic (exact) mass is 201 g/mol. The van der Waals surface area contributed by atoms with E-state index in [1.54, 1.807) is 0 Å². The van der Waals surface area contributed by atoms with Crippen LogP contribution < -0.4 is 0 Å². The van der Waals surface area contributed by atoms with Crippen LogP contribution in [-0.2, 0) is 14.3 Å². The molecule has 1 N–H and O–H groups in total. The van der Waals surface area contributed by atoms with Crippen molar-refractivity contribution in [3.8, 4) is 0 Å². The number of hydrogen-bond donors (Lipinski definition) is 1. The predicted molar refractivity (Wildman–Crippen MR) is 48.4 cm³/mol. The molecule has 1 saturated heterocycles. The summed E-state index contributed by atoms with van der Waals surface area (Å²) >= 11 is 0. The van der Waals surface area contributed by atoms with Crippen LogP contribution >= 0.6 is 0 Å². The van der Waals surface area contributed by atoms with Gasteiger partial charge in [-0.05, 0) is 18.8 Å². The maximum Gasteiger partial charge on any atom is 0.396 e. The lowest BCUT2D eigenvalue weighted by molar-refractivity contribution is -0.159. The zero-order chi connectivity index (χ0) is 10.6. The molecule has 0 aromatic heterocycles. The number of amides is 1. The molecule has 1 fully saturated rings. The molecule has 1 aliphatic heterocycles. The van der Waals surface area contributed by atoms with Crippen LogP contribution in [0, 0.1) is 5.92 Å². The standard InChI is InChI=1S/C9H15NO4/c1-14-9(13)8(12)10-4-2-3-7(5-10)6-11/h7,11H,2-6H2,1H3. The molecule has 0 bridgehead atoms. The molecule has 5 heteroatoms. The van der Waals surface area contributed by atoms with E-state index in [-0.39, 0.29) is 12.5 Å². The summed E-state index contributed by atoms with van der Waals surface area (Å²) in [4.78, 5) is 23.7. The van der Waals surface area contributed by atoms with Gasteiger partial charge >= 0.3 is 11.9 Å². The number of esters is 1. The summed E-state index contributed by atoms with van der Waals surface area (Å²) in [6.45, 7) is 1.08. The molecule has 80 valence electrons. The molecule has 0 aromatic rings. The maximum atomic E-state index is 11.4. The summed E-state index contributed by atoms with van der Waals surface area (Å²) in [5.74, 6) is -1.34. The van der Waals surface area contributed by atoms with Crippen LogP contribution in [0.4, 0.5) is 0 Å². The van der Waals surface area contributed by atoms with Crippen LogP contribution in [0.2, 0.25) is 0 Å². The van der Waals surface area contributed by atoms with Crippen molar-refractivity contribution >= 4 is 11.9 Å². The molecule has 1 heterocycles. The van der Waals surface area contributed by atoms with E-state index in [1.807, 2.05) is 0 Å². The van der Waals surface area contributed by atoms with Crippen molar-refractivity contribution in [3.05, 3.63) is 0 Å². The summed E-state index contributed by atoms with van der Waals surface area (Å²) in [7, 11) is 1.19. The molecule has 1 atom stereocenters. The first-order valence-electron chi connectivity index (χ1n) is 4.67. The molecule has 0 radical (unpaired) electrons. The fourth-order valence-electron chi connectivity index (χ4n) is 1.61. The smallest absolute Gasteiger partial charge is 0.396 e. The van der Waals surface area contributed by atoms with Crippen molar-refractivity contribution in [1.29, 1.82) is 0 Å². The molecule has 1 aliphatic rings. The van der Waals surface area contributed by atoms with E-state index < -0.39 is 11.9 Å². The van der Waals surface area contributed by atoms with E-state index in [4.69, 9.17) is 5.11 Å². The average Bonchev–Trinajstić information content (AvgIpc) is 2.27. The van der Waals surface area contributed by atoms with Gasteiger partial charge in [-0.3, -0.25) is 4.79 Å². The number of methoxy groups -OCH3 is 1. The lowest BCUT2D eigenvalue weighted by atomic mass is 9.99. The Morgan fingerprint density at radius 3 is 2.86 bits per heavy atom. The lowest BCUT2D eigenvalue weighted by Crippen LogP contribution is -2.44. The summed E-state index contributed by atoms with van der Waals surface area (Å²) in [6.07, 6.45) is 1.73. The third-order valence-corrected chi connectivity index (χ3v) is 2.42. The van der Waals surface area contributed by atoms with Crippen molar-refractivity contribution in [2.75, 3.05) is 26.8 Å². The Morgan fingerprint density at radius 1 is 1.57 bits per heavy atom. The molecular formula is C9H15NO4. The van der Waals surface area contributed by atoms with Crippen molar-refractivity contribution in [2.24, 2.45) is 5.92 Å². The summed E-state index contributed by atoms with van der Waals surface area (Å²) < 4.78 is 4.34. The Morgan fingerprint density at radius 2 is 2.29 bits per heavy atom. The van der Waals surface area contributed by atoms with Gasteiger partial charge in [0.05, 0.1) is 7.11 Å². The van der Waals surface area contributed by atoms with Crippen molar-refractivity contribution in [3.63, 3.8) is 0 Å². The van der Waals surface area contributed by atoms with Crippen LogP contribution in [0.3, 0.4) is 0 Å². The van der Waals surface area contributed by atoms with Gasteiger partial charge in [0.25, 0.3) is 0 Å². The number of piperidine rings is 1. The van der Waals surface area contributed by atoms with E-state index in [0.29, 0.717) is 13.1 Å². The Bertz CT molecular complexity index is 229. The molecular weight excluding hydrogens is 186 g/mol. The molecule has 0 aromatic carbocycles. The number of aliphatic hydroxyl groups is 1. The number of carbonyl (C=O) groups is 2. The molecule has 0 spiro atoms.